The third kappa shape index (κ3) is 1.79. The zero-order valence-electron chi connectivity index (χ0n) is 7.30. The minimum atomic E-state index is -0.412. The van der Waals surface area contributed by atoms with Crippen LogP contribution in [0.15, 0.2) is 42.5 Å². The molecule has 0 aromatic heterocycles. The van der Waals surface area contributed by atoms with E-state index in [1.54, 1.807) is 18.2 Å². The number of rotatable bonds is 1. The molecule has 0 heterocycles. The maximum absolute atomic E-state index is 12.8. The van der Waals surface area contributed by atoms with Gasteiger partial charge < -0.3 is 0 Å². The standard InChI is InChI=1S/C12H7F2/c13-11-6-4-9(5-7-11)10-2-1-3-12(14)8-10/h1-6,8H. The summed E-state index contributed by atoms with van der Waals surface area (Å²) in [6, 6.07) is 13.0. The van der Waals surface area contributed by atoms with Gasteiger partial charge in [0.25, 0.3) is 0 Å². The lowest BCUT2D eigenvalue weighted by molar-refractivity contribution is 0.625. The Hall–Kier alpha value is -1.70. The third-order valence-electron chi connectivity index (χ3n) is 1.93. The molecule has 0 saturated heterocycles. The highest BCUT2D eigenvalue weighted by molar-refractivity contribution is 5.62. The summed E-state index contributed by atoms with van der Waals surface area (Å²) in [5.74, 6) is -0.711. The van der Waals surface area contributed by atoms with Crippen molar-refractivity contribution in [2.24, 2.45) is 0 Å². The van der Waals surface area contributed by atoms with E-state index in [0.717, 1.165) is 11.1 Å². The van der Waals surface area contributed by atoms with Crippen LogP contribution < -0.4 is 0 Å². The molecule has 2 heteroatoms. The second-order valence-electron chi connectivity index (χ2n) is 2.94. The van der Waals surface area contributed by atoms with Crippen LogP contribution >= 0.6 is 0 Å². The Kier molecular flexibility index (Phi) is 2.27. The lowest BCUT2D eigenvalue weighted by Crippen LogP contribution is -1.80. The summed E-state index contributed by atoms with van der Waals surface area (Å²) in [7, 11) is 0. The molecule has 0 spiro atoms. The van der Waals surface area contributed by atoms with Crippen LogP contribution in [0.3, 0.4) is 0 Å². The summed E-state index contributed by atoms with van der Waals surface area (Å²) in [5, 5.41) is 0. The van der Waals surface area contributed by atoms with Crippen molar-refractivity contribution in [1.29, 1.82) is 0 Å². The quantitative estimate of drug-likeness (QED) is 0.644. The molecular weight excluding hydrogens is 182 g/mol. The van der Waals surface area contributed by atoms with Crippen molar-refractivity contribution in [3.8, 4) is 11.1 Å². The highest BCUT2D eigenvalue weighted by Crippen LogP contribution is 2.19. The molecule has 0 amide bonds. The molecule has 69 valence electrons. The molecule has 0 bridgehead atoms. The topological polar surface area (TPSA) is 0 Å². The van der Waals surface area contributed by atoms with Gasteiger partial charge in [-0.05, 0) is 35.4 Å². The SMILES string of the molecule is Fc1[c]cc(-c2cccc(F)c2)cc1. The zero-order chi connectivity index (χ0) is 9.97. The van der Waals surface area contributed by atoms with Crippen LogP contribution in [0.1, 0.15) is 0 Å². The zero-order valence-corrected chi connectivity index (χ0v) is 7.30. The maximum Gasteiger partial charge on any atom is 0.131 e. The van der Waals surface area contributed by atoms with Gasteiger partial charge in [0.15, 0.2) is 0 Å². The van der Waals surface area contributed by atoms with E-state index in [0.29, 0.717) is 0 Å². The molecule has 2 aromatic rings. The first-order valence-electron chi connectivity index (χ1n) is 4.19. The molecule has 0 fully saturated rings. The van der Waals surface area contributed by atoms with Crippen LogP contribution in [0.25, 0.3) is 11.1 Å². The number of benzene rings is 2. The summed E-state index contributed by atoms with van der Waals surface area (Å²) < 4.78 is 25.4. The molecule has 0 atom stereocenters. The molecule has 2 aromatic carbocycles. The Bertz CT molecular complexity index is 432. The first-order chi connectivity index (χ1) is 6.75. The van der Waals surface area contributed by atoms with Gasteiger partial charge >= 0.3 is 0 Å². The molecule has 0 saturated carbocycles. The van der Waals surface area contributed by atoms with Crippen molar-refractivity contribution >= 4 is 0 Å². The highest BCUT2D eigenvalue weighted by atomic mass is 19.1. The number of hydrogen-bond donors (Lipinski definition) is 0. The van der Waals surface area contributed by atoms with E-state index < -0.39 is 5.82 Å². The molecule has 0 N–H and O–H groups in total. The fourth-order valence-corrected chi connectivity index (χ4v) is 1.25. The fraction of sp³-hybridized carbons (Fsp3) is 0. The van der Waals surface area contributed by atoms with E-state index in [1.807, 2.05) is 0 Å². The minimum Gasteiger partial charge on any atom is -0.207 e. The van der Waals surface area contributed by atoms with Crippen LogP contribution in [0.2, 0.25) is 0 Å². The molecule has 14 heavy (non-hydrogen) atoms. The highest BCUT2D eigenvalue weighted by Gasteiger charge is 1.98. The number of halogens is 2. The first-order valence-corrected chi connectivity index (χ1v) is 4.19. The van der Waals surface area contributed by atoms with Crippen molar-refractivity contribution in [1.82, 2.24) is 0 Å². The number of hydrogen-bond acceptors (Lipinski definition) is 0. The average Bonchev–Trinajstić information content (AvgIpc) is 2.19. The summed E-state index contributed by atoms with van der Waals surface area (Å²) >= 11 is 0. The third-order valence-corrected chi connectivity index (χ3v) is 1.93. The molecular formula is C12H7F2. The Labute approximate surface area is 80.8 Å². The van der Waals surface area contributed by atoms with E-state index in [9.17, 15) is 8.78 Å². The van der Waals surface area contributed by atoms with Gasteiger partial charge in [-0.2, -0.15) is 0 Å². The predicted octanol–water partition coefficient (Wildman–Crippen LogP) is 3.43. The fourth-order valence-electron chi connectivity index (χ4n) is 1.25. The van der Waals surface area contributed by atoms with Gasteiger partial charge in [0, 0.05) is 6.07 Å². The molecule has 0 unspecified atom stereocenters. The smallest absolute Gasteiger partial charge is 0.131 e. The summed E-state index contributed by atoms with van der Waals surface area (Å²) in [6.07, 6.45) is 0. The Morgan fingerprint density at radius 2 is 1.79 bits per heavy atom. The second-order valence-corrected chi connectivity index (χ2v) is 2.94. The van der Waals surface area contributed by atoms with Crippen molar-refractivity contribution in [3.05, 3.63) is 60.2 Å². The van der Waals surface area contributed by atoms with Crippen LogP contribution in [-0.2, 0) is 0 Å². The second kappa shape index (κ2) is 3.58. The van der Waals surface area contributed by atoms with Crippen LogP contribution in [0.4, 0.5) is 8.78 Å². The Morgan fingerprint density at radius 1 is 0.929 bits per heavy atom. The van der Waals surface area contributed by atoms with Crippen LogP contribution in [-0.4, -0.2) is 0 Å². The van der Waals surface area contributed by atoms with Gasteiger partial charge in [0.2, 0.25) is 0 Å². The van der Waals surface area contributed by atoms with Crippen molar-refractivity contribution < 1.29 is 8.78 Å². The predicted molar refractivity (Wildman–Crippen MR) is 50.6 cm³/mol. The largest absolute Gasteiger partial charge is 0.207 e. The summed E-state index contributed by atoms with van der Waals surface area (Å²) in [4.78, 5) is 0. The van der Waals surface area contributed by atoms with E-state index >= 15 is 0 Å². The van der Waals surface area contributed by atoms with Crippen molar-refractivity contribution in [2.75, 3.05) is 0 Å². The summed E-state index contributed by atoms with van der Waals surface area (Å²) in [5.41, 5.74) is 1.48. The molecule has 1 radical (unpaired) electrons. The van der Waals surface area contributed by atoms with Crippen LogP contribution in [0, 0.1) is 17.7 Å². The molecule has 0 nitrogen and oxygen atoms in total. The Morgan fingerprint density at radius 3 is 2.43 bits per heavy atom. The lowest BCUT2D eigenvalue weighted by atomic mass is 10.1. The van der Waals surface area contributed by atoms with Crippen LogP contribution in [0.5, 0.6) is 0 Å². The normalized spacial score (nSPS) is 10.1. The van der Waals surface area contributed by atoms with Gasteiger partial charge in [0.05, 0.1) is 0 Å². The van der Waals surface area contributed by atoms with E-state index in [1.165, 1.54) is 24.3 Å². The van der Waals surface area contributed by atoms with Gasteiger partial charge in [-0.25, -0.2) is 8.78 Å². The average molecular weight is 189 g/mol. The Balaban J connectivity index is 2.44. The minimum absolute atomic E-state index is 0.299. The van der Waals surface area contributed by atoms with Gasteiger partial charge in [-0.15, -0.1) is 0 Å². The van der Waals surface area contributed by atoms with E-state index in [4.69, 9.17) is 0 Å². The van der Waals surface area contributed by atoms with Crippen molar-refractivity contribution in [3.63, 3.8) is 0 Å². The molecule has 0 aliphatic heterocycles. The molecule has 0 aliphatic rings. The van der Waals surface area contributed by atoms with Gasteiger partial charge in [-0.1, -0.05) is 18.2 Å². The van der Waals surface area contributed by atoms with Gasteiger partial charge in [0.1, 0.15) is 11.6 Å². The first kappa shape index (κ1) is 8.88. The summed E-state index contributed by atoms with van der Waals surface area (Å²) in [6.45, 7) is 0. The van der Waals surface area contributed by atoms with Crippen molar-refractivity contribution in [2.45, 2.75) is 0 Å². The van der Waals surface area contributed by atoms with Gasteiger partial charge in [-0.3, -0.25) is 0 Å². The maximum atomic E-state index is 12.8. The molecule has 2 rings (SSSR count). The molecule has 0 aliphatic carbocycles. The lowest BCUT2D eigenvalue weighted by Gasteiger charge is -2.00. The van der Waals surface area contributed by atoms with E-state index in [2.05, 4.69) is 6.07 Å². The van der Waals surface area contributed by atoms with E-state index in [-0.39, 0.29) is 5.82 Å². The monoisotopic (exact) mass is 189 g/mol.